The second-order valence-electron chi connectivity index (χ2n) is 5.02. The smallest absolute Gasteiger partial charge is 0.144 e. The molecule has 1 aliphatic rings. The van der Waals surface area contributed by atoms with Gasteiger partial charge in [-0.15, -0.1) is 0 Å². The summed E-state index contributed by atoms with van der Waals surface area (Å²) < 4.78 is 0. The Kier molecular flexibility index (Phi) is 4.39. The van der Waals surface area contributed by atoms with Crippen molar-refractivity contribution in [3.05, 3.63) is 0 Å². The fourth-order valence-electron chi connectivity index (χ4n) is 2.01. The molecule has 15 heavy (non-hydrogen) atoms. The fraction of sp³-hybridized carbons (Fsp3) is 0.909. The van der Waals surface area contributed by atoms with Crippen LogP contribution in [0.3, 0.4) is 0 Å². The highest BCUT2D eigenvalue weighted by Crippen LogP contribution is 2.23. The van der Waals surface area contributed by atoms with Crippen molar-refractivity contribution in [2.24, 2.45) is 16.3 Å². The van der Waals surface area contributed by atoms with E-state index in [4.69, 9.17) is 10.9 Å². The minimum absolute atomic E-state index is 0.186. The highest BCUT2D eigenvalue weighted by atomic mass is 16.4. The highest BCUT2D eigenvalue weighted by molar-refractivity contribution is 5.85. The Labute approximate surface area is 92.1 Å². The molecule has 1 saturated heterocycles. The lowest BCUT2D eigenvalue weighted by Gasteiger charge is -2.24. The van der Waals surface area contributed by atoms with E-state index < -0.39 is 0 Å². The monoisotopic (exact) mass is 213 g/mol. The van der Waals surface area contributed by atoms with Crippen molar-refractivity contribution in [2.45, 2.75) is 39.5 Å². The Balaban J connectivity index is 2.23. The molecule has 0 aromatic heterocycles. The molecule has 0 unspecified atom stereocenters. The number of nitrogens with zero attached hydrogens (tertiary/aromatic N) is 2. The van der Waals surface area contributed by atoms with Crippen LogP contribution in [0.2, 0.25) is 0 Å². The number of likely N-dealkylation sites (tertiary alicyclic amines) is 1. The van der Waals surface area contributed by atoms with E-state index in [1.54, 1.807) is 0 Å². The second-order valence-corrected chi connectivity index (χ2v) is 5.02. The molecule has 0 saturated carbocycles. The Morgan fingerprint density at radius 3 is 2.53 bits per heavy atom. The van der Waals surface area contributed by atoms with Gasteiger partial charge in [-0.2, -0.15) is 0 Å². The van der Waals surface area contributed by atoms with Gasteiger partial charge in [-0.1, -0.05) is 19.0 Å². The van der Waals surface area contributed by atoms with Gasteiger partial charge in [0, 0.05) is 5.41 Å². The molecule has 0 amide bonds. The number of nitrogens with two attached hydrogens (primary N) is 1. The van der Waals surface area contributed by atoms with Gasteiger partial charge < -0.3 is 15.8 Å². The number of oxime groups is 1. The van der Waals surface area contributed by atoms with Gasteiger partial charge in [-0.3, -0.25) is 0 Å². The van der Waals surface area contributed by atoms with Crippen molar-refractivity contribution < 1.29 is 5.21 Å². The zero-order chi connectivity index (χ0) is 11.3. The van der Waals surface area contributed by atoms with E-state index in [1.807, 2.05) is 13.8 Å². The topological polar surface area (TPSA) is 61.8 Å². The summed E-state index contributed by atoms with van der Waals surface area (Å²) in [4.78, 5) is 2.49. The van der Waals surface area contributed by atoms with Crippen molar-refractivity contribution in [2.75, 3.05) is 19.6 Å². The molecular weight excluding hydrogens is 190 g/mol. The van der Waals surface area contributed by atoms with E-state index in [-0.39, 0.29) is 5.41 Å². The van der Waals surface area contributed by atoms with Crippen molar-refractivity contribution in [1.82, 2.24) is 4.90 Å². The molecule has 0 aromatic carbocycles. The van der Waals surface area contributed by atoms with E-state index >= 15 is 0 Å². The normalized spacial score (nSPS) is 19.7. The summed E-state index contributed by atoms with van der Waals surface area (Å²) in [6.45, 7) is 7.66. The van der Waals surface area contributed by atoms with Gasteiger partial charge in [0.2, 0.25) is 0 Å². The molecular formula is C11H23N3O. The number of amidine groups is 1. The van der Waals surface area contributed by atoms with E-state index in [1.165, 1.54) is 25.9 Å². The van der Waals surface area contributed by atoms with Crippen LogP contribution in [0.25, 0.3) is 0 Å². The molecule has 0 spiro atoms. The maximum atomic E-state index is 8.63. The third kappa shape index (κ3) is 3.70. The molecule has 0 aromatic rings. The average Bonchev–Trinajstić information content (AvgIpc) is 2.69. The van der Waals surface area contributed by atoms with Crippen molar-refractivity contribution in [3.8, 4) is 0 Å². The standard InChI is InChI=1S/C11H23N3O/c1-11(2,10(12)13-15)6-5-9-14-7-3-4-8-14/h15H,3-9H2,1-2H3,(H2,12,13). The molecule has 0 bridgehead atoms. The number of rotatable bonds is 5. The SMILES string of the molecule is CC(C)(CCCN1CCCC1)C(N)=NO. The maximum absolute atomic E-state index is 8.63. The number of hydrogen-bond acceptors (Lipinski definition) is 3. The summed E-state index contributed by atoms with van der Waals surface area (Å²) in [5.41, 5.74) is 5.45. The van der Waals surface area contributed by atoms with Gasteiger partial charge in [0.15, 0.2) is 0 Å². The minimum atomic E-state index is -0.186. The van der Waals surface area contributed by atoms with E-state index in [9.17, 15) is 0 Å². The van der Waals surface area contributed by atoms with E-state index in [0.717, 1.165) is 19.4 Å². The Hall–Kier alpha value is -0.770. The van der Waals surface area contributed by atoms with Crippen LogP contribution in [-0.4, -0.2) is 35.6 Å². The van der Waals surface area contributed by atoms with Crippen LogP contribution < -0.4 is 5.73 Å². The lowest BCUT2D eigenvalue weighted by atomic mass is 9.86. The fourth-order valence-corrected chi connectivity index (χ4v) is 2.01. The predicted molar refractivity (Wildman–Crippen MR) is 62.1 cm³/mol. The van der Waals surface area contributed by atoms with Gasteiger partial charge in [-0.05, 0) is 45.3 Å². The summed E-state index contributed by atoms with van der Waals surface area (Å²) in [5, 5.41) is 11.7. The summed E-state index contributed by atoms with van der Waals surface area (Å²) in [6, 6.07) is 0. The number of hydrogen-bond donors (Lipinski definition) is 2. The van der Waals surface area contributed by atoms with Crippen LogP contribution in [0.5, 0.6) is 0 Å². The quantitative estimate of drug-likeness (QED) is 0.316. The molecule has 0 atom stereocenters. The Bertz CT molecular complexity index is 220. The predicted octanol–water partition coefficient (Wildman–Crippen LogP) is 1.63. The van der Waals surface area contributed by atoms with E-state index in [0.29, 0.717) is 5.84 Å². The minimum Gasteiger partial charge on any atom is -0.409 e. The first-order chi connectivity index (χ1) is 7.06. The van der Waals surface area contributed by atoms with Gasteiger partial charge in [0.1, 0.15) is 5.84 Å². The zero-order valence-electron chi connectivity index (χ0n) is 9.87. The Morgan fingerprint density at radius 1 is 1.40 bits per heavy atom. The van der Waals surface area contributed by atoms with Crippen LogP contribution in [0.15, 0.2) is 5.16 Å². The third-order valence-electron chi connectivity index (χ3n) is 3.28. The molecule has 88 valence electrons. The first kappa shape index (κ1) is 12.3. The Morgan fingerprint density at radius 2 is 2.00 bits per heavy atom. The summed E-state index contributed by atoms with van der Waals surface area (Å²) >= 11 is 0. The van der Waals surface area contributed by atoms with Crippen LogP contribution in [0.1, 0.15) is 39.5 Å². The molecule has 1 aliphatic heterocycles. The largest absolute Gasteiger partial charge is 0.409 e. The summed E-state index contributed by atoms with van der Waals surface area (Å²) in [6.07, 6.45) is 4.76. The van der Waals surface area contributed by atoms with Crippen LogP contribution in [-0.2, 0) is 0 Å². The summed E-state index contributed by atoms with van der Waals surface area (Å²) in [5.74, 6) is 0.337. The second kappa shape index (κ2) is 5.35. The lowest BCUT2D eigenvalue weighted by molar-refractivity contribution is 0.291. The molecule has 4 nitrogen and oxygen atoms in total. The molecule has 0 radical (unpaired) electrons. The van der Waals surface area contributed by atoms with E-state index in [2.05, 4.69) is 10.1 Å². The zero-order valence-corrected chi connectivity index (χ0v) is 9.87. The lowest BCUT2D eigenvalue weighted by Crippen LogP contribution is -2.33. The van der Waals surface area contributed by atoms with Crippen molar-refractivity contribution >= 4 is 5.84 Å². The highest BCUT2D eigenvalue weighted by Gasteiger charge is 2.23. The molecule has 3 N–H and O–H groups in total. The van der Waals surface area contributed by atoms with Crippen LogP contribution >= 0.6 is 0 Å². The molecule has 1 rings (SSSR count). The van der Waals surface area contributed by atoms with Gasteiger partial charge in [-0.25, -0.2) is 0 Å². The van der Waals surface area contributed by atoms with Crippen LogP contribution in [0.4, 0.5) is 0 Å². The molecule has 1 heterocycles. The van der Waals surface area contributed by atoms with Gasteiger partial charge in [0.25, 0.3) is 0 Å². The first-order valence-electron chi connectivity index (χ1n) is 5.76. The molecule has 1 fully saturated rings. The maximum Gasteiger partial charge on any atom is 0.144 e. The average molecular weight is 213 g/mol. The molecule has 0 aliphatic carbocycles. The van der Waals surface area contributed by atoms with Crippen LogP contribution in [0, 0.1) is 5.41 Å². The third-order valence-corrected chi connectivity index (χ3v) is 3.28. The first-order valence-corrected chi connectivity index (χ1v) is 5.76. The summed E-state index contributed by atoms with van der Waals surface area (Å²) in [7, 11) is 0. The van der Waals surface area contributed by atoms with Crippen molar-refractivity contribution in [1.29, 1.82) is 0 Å². The van der Waals surface area contributed by atoms with Gasteiger partial charge >= 0.3 is 0 Å². The molecule has 4 heteroatoms. The van der Waals surface area contributed by atoms with Gasteiger partial charge in [0.05, 0.1) is 0 Å². The van der Waals surface area contributed by atoms with Crippen molar-refractivity contribution in [3.63, 3.8) is 0 Å².